The molecule has 4 unspecified atom stereocenters. The summed E-state index contributed by atoms with van der Waals surface area (Å²) in [6.45, 7) is 2.26. The molecule has 3 fully saturated rings. The van der Waals surface area contributed by atoms with Gasteiger partial charge in [0.05, 0.1) is 12.1 Å². The standard InChI is InChI=1S/C12H19N5O6S/c18-12-16-6-8(17(12)23-24(19,20)21)1-2-9(16)11-15-14-10(22-11)3-7-4-13-5-7/h7-9,12-13,18H,1-6H2,(H,19,20,21). The van der Waals surface area contributed by atoms with Crippen molar-refractivity contribution in [1.82, 2.24) is 25.5 Å². The largest absolute Gasteiger partial charge is 0.424 e. The molecule has 1 aromatic heterocycles. The highest BCUT2D eigenvalue weighted by atomic mass is 32.3. The first-order valence-electron chi connectivity index (χ1n) is 7.83. The lowest BCUT2D eigenvalue weighted by Crippen LogP contribution is -2.43. The Labute approximate surface area is 138 Å². The molecular weight excluding hydrogens is 342 g/mol. The third-order valence-electron chi connectivity index (χ3n) is 4.76. The Morgan fingerprint density at radius 1 is 1.33 bits per heavy atom. The lowest BCUT2D eigenvalue weighted by atomic mass is 10.00. The Morgan fingerprint density at radius 2 is 2.12 bits per heavy atom. The van der Waals surface area contributed by atoms with Gasteiger partial charge in [-0.25, -0.2) is 0 Å². The number of nitrogens with zero attached hydrogens (tertiary/aromatic N) is 4. The van der Waals surface area contributed by atoms with Gasteiger partial charge in [-0.1, -0.05) is 0 Å². The number of fused-ring (bicyclic) bond motifs is 2. The quantitative estimate of drug-likeness (QED) is 0.537. The summed E-state index contributed by atoms with van der Waals surface area (Å²) in [5.41, 5.74) is 0. The van der Waals surface area contributed by atoms with E-state index < -0.39 is 16.8 Å². The molecule has 0 spiro atoms. The van der Waals surface area contributed by atoms with Crippen molar-refractivity contribution in [2.75, 3.05) is 19.6 Å². The number of aliphatic hydroxyl groups is 1. The predicted octanol–water partition coefficient (Wildman–Crippen LogP) is -1.34. The zero-order valence-electron chi connectivity index (χ0n) is 12.8. The van der Waals surface area contributed by atoms with Crippen molar-refractivity contribution >= 4 is 10.4 Å². The number of nitrogens with one attached hydrogen (secondary N) is 1. The van der Waals surface area contributed by atoms with Crippen LogP contribution in [0.1, 0.15) is 30.7 Å². The van der Waals surface area contributed by atoms with Crippen LogP contribution in [0, 0.1) is 5.92 Å². The summed E-state index contributed by atoms with van der Waals surface area (Å²) >= 11 is 0. The molecule has 11 nitrogen and oxygen atoms in total. The van der Waals surface area contributed by atoms with Crippen LogP contribution < -0.4 is 5.32 Å². The van der Waals surface area contributed by atoms with E-state index in [9.17, 15) is 13.5 Å². The van der Waals surface area contributed by atoms with E-state index in [4.69, 9.17) is 8.97 Å². The molecule has 24 heavy (non-hydrogen) atoms. The molecule has 3 aliphatic rings. The minimum atomic E-state index is -4.69. The summed E-state index contributed by atoms with van der Waals surface area (Å²) in [5.74, 6) is 1.48. The number of piperidine rings is 1. The molecule has 0 saturated carbocycles. The lowest BCUT2D eigenvalue weighted by Gasteiger charge is -2.29. The highest BCUT2D eigenvalue weighted by Crippen LogP contribution is 2.39. The van der Waals surface area contributed by atoms with Gasteiger partial charge in [-0.05, 0) is 31.8 Å². The Morgan fingerprint density at radius 3 is 2.79 bits per heavy atom. The summed E-state index contributed by atoms with van der Waals surface area (Å²) in [5, 5.41) is 22.5. The smallest absolute Gasteiger partial charge is 0.413 e. The summed E-state index contributed by atoms with van der Waals surface area (Å²) in [6.07, 6.45) is 0.587. The monoisotopic (exact) mass is 361 g/mol. The molecule has 3 aliphatic heterocycles. The van der Waals surface area contributed by atoms with Gasteiger partial charge in [-0.2, -0.15) is 12.7 Å². The van der Waals surface area contributed by atoms with Gasteiger partial charge in [-0.3, -0.25) is 9.45 Å². The van der Waals surface area contributed by atoms with Crippen molar-refractivity contribution in [1.29, 1.82) is 0 Å². The maximum atomic E-state index is 10.9. The molecule has 0 aromatic carbocycles. The fourth-order valence-electron chi connectivity index (χ4n) is 3.47. The predicted molar refractivity (Wildman–Crippen MR) is 77.3 cm³/mol. The van der Waals surface area contributed by atoms with E-state index in [1.54, 1.807) is 4.90 Å². The average Bonchev–Trinajstić information content (AvgIpc) is 3.02. The van der Waals surface area contributed by atoms with Crippen molar-refractivity contribution in [3.05, 3.63) is 11.8 Å². The van der Waals surface area contributed by atoms with Gasteiger partial charge in [0.25, 0.3) is 0 Å². The van der Waals surface area contributed by atoms with E-state index in [-0.39, 0.29) is 12.1 Å². The van der Waals surface area contributed by atoms with Crippen LogP contribution in [0.5, 0.6) is 0 Å². The van der Waals surface area contributed by atoms with Crippen molar-refractivity contribution in [2.45, 2.75) is 37.7 Å². The molecule has 0 radical (unpaired) electrons. The van der Waals surface area contributed by atoms with Gasteiger partial charge in [0.2, 0.25) is 11.8 Å². The third kappa shape index (κ3) is 3.06. The van der Waals surface area contributed by atoms with Crippen LogP contribution in [0.15, 0.2) is 4.42 Å². The second kappa shape index (κ2) is 5.98. The number of hydrogen-bond acceptors (Lipinski definition) is 10. The van der Waals surface area contributed by atoms with Crippen LogP contribution in [-0.4, -0.2) is 70.3 Å². The average molecular weight is 361 g/mol. The molecule has 4 rings (SSSR count). The summed E-state index contributed by atoms with van der Waals surface area (Å²) in [7, 11) is -4.69. The maximum absolute atomic E-state index is 10.9. The summed E-state index contributed by atoms with van der Waals surface area (Å²) in [4.78, 5) is 1.63. The van der Waals surface area contributed by atoms with E-state index in [2.05, 4.69) is 19.8 Å². The van der Waals surface area contributed by atoms with Crippen LogP contribution in [0.2, 0.25) is 0 Å². The van der Waals surface area contributed by atoms with E-state index >= 15 is 0 Å². The normalized spacial score (nSPS) is 34.4. The molecule has 1 aromatic rings. The molecule has 134 valence electrons. The van der Waals surface area contributed by atoms with Gasteiger partial charge >= 0.3 is 10.4 Å². The second-order valence-corrected chi connectivity index (χ2v) is 7.42. The molecule has 0 aliphatic carbocycles. The fraction of sp³-hybridized carbons (Fsp3) is 0.833. The number of aliphatic hydroxyl groups excluding tert-OH is 1. The summed E-state index contributed by atoms with van der Waals surface area (Å²) < 4.78 is 40.9. The molecule has 4 atom stereocenters. The second-order valence-electron chi connectivity index (χ2n) is 6.41. The Kier molecular flexibility index (Phi) is 4.07. The van der Waals surface area contributed by atoms with Crippen LogP contribution in [-0.2, 0) is 21.1 Å². The number of rotatable bonds is 5. The molecule has 3 saturated heterocycles. The van der Waals surface area contributed by atoms with Gasteiger partial charge in [-0.15, -0.1) is 15.3 Å². The Balaban J connectivity index is 1.47. The molecule has 4 heterocycles. The number of hydroxylamine groups is 2. The van der Waals surface area contributed by atoms with Crippen LogP contribution in [0.3, 0.4) is 0 Å². The fourth-order valence-corrected chi connectivity index (χ4v) is 3.89. The van der Waals surface area contributed by atoms with Gasteiger partial charge in [0.1, 0.15) is 0 Å². The van der Waals surface area contributed by atoms with E-state index in [0.29, 0.717) is 37.1 Å². The maximum Gasteiger partial charge on any atom is 0.413 e. The van der Waals surface area contributed by atoms with Crippen LogP contribution >= 0.6 is 0 Å². The summed E-state index contributed by atoms with van der Waals surface area (Å²) in [6, 6.07) is -0.645. The zero-order chi connectivity index (χ0) is 16.9. The van der Waals surface area contributed by atoms with Crippen LogP contribution in [0.25, 0.3) is 0 Å². The van der Waals surface area contributed by atoms with E-state index in [1.165, 1.54) is 0 Å². The van der Waals surface area contributed by atoms with Crippen molar-refractivity contribution < 1.29 is 26.8 Å². The first-order chi connectivity index (χ1) is 11.4. The van der Waals surface area contributed by atoms with E-state index in [1.807, 2.05) is 0 Å². The highest BCUT2D eigenvalue weighted by Gasteiger charge is 2.49. The Hall–Kier alpha value is -1.15. The third-order valence-corrected chi connectivity index (χ3v) is 5.12. The number of hydrogen-bond donors (Lipinski definition) is 3. The van der Waals surface area contributed by atoms with E-state index in [0.717, 1.165) is 24.6 Å². The minimum absolute atomic E-state index is 0.313. The first kappa shape index (κ1) is 16.3. The van der Waals surface area contributed by atoms with Gasteiger partial charge < -0.3 is 14.8 Å². The molecule has 3 N–H and O–H groups in total. The molecule has 12 heteroatoms. The molecular formula is C12H19N5O6S. The van der Waals surface area contributed by atoms with Crippen molar-refractivity contribution in [3.8, 4) is 0 Å². The van der Waals surface area contributed by atoms with Crippen molar-refractivity contribution in [2.24, 2.45) is 5.92 Å². The van der Waals surface area contributed by atoms with Crippen LogP contribution in [0.4, 0.5) is 0 Å². The molecule has 0 amide bonds. The lowest BCUT2D eigenvalue weighted by molar-refractivity contribution is -0.201. The highest BCUT2D eigenvalue weighted by molar-refractivity contribution is 7.80. The topological polar surface area (TPSA) is 141 Å². The Bertz CT molecular complexity index is 707. The molecule has 2 bridgehead atoms. The zero-order valence-corrected chi connectivity index (χ0v) is 13.6. The first-order valence-corrected chi connectivity index (χ1v) is 9.19. The number of aromatic nitrogens is 2. The van der Waals surface area contributed by atoms with Gasteiger partial charge in [0, 0.05) is 13.0 Å². The van der Waals surface area contributed by atoms with Crippen molar-refractivity contribution in [3.63, 3.8) is 0 Å². The van der Waals surface area contributed by atoms with Gasteiger partial charge in [0.15, 0.2) is 6.35 Å². The SMILES string of the molecule is O=S(=O)(O)ON1C2CCC(c3nnc(CC4CNC4)o3)N(C2)C1O. The minimum Gasteiger partial charge on any atom is -0.424 e.